The third-order valence-corrected chi connectivity index (χ3v) is 5.73. The maximum Gasteiger partial charge on any atom is 0.274 e. The summed E-state index contributed by atoms with van der Waals surface area (Å²) in [5.41, 5.74) is 1.58. The van der Waals surface area contributed by atoms with Gasteiger partial charge < -0.3 is 0 Å². The molecule has 2 heterocycles. The van der Waals surface area contributed by atoms with Gasteiger partial charge in [0.25, 0.3) is 5.91 Å². The molecule has 3 rings (SSSR count). The quantitative estimate of drug-likeness (QED) is 0.704. The number of amides is 1. The Balaban J connectivity index is 1.98. The highest BCUT2D eigenvalue weighted by atomic mass is 35.5. The van der Waals surface area contributed by atoms with Gasteiger partial charge >= 0.3 is 0 Å². The molecule has 0 aliphatic carbocycles. The van der Waals surface area contributed by atoms with Crippen LogP contribution in [0.4, 0.5) is 0 Å². The molecule has 3 aromatic rings. The molecule has 2 aromatic heterocycles. The fourth-order valence-electron chi connectivity index (χ4n) is 2.36. The smallest absolute Gasteiger partial charge is 0.267 e. The minimum Gasteiger partial charge on any atom is -0.267 e. The van der Waals surface area contributed by atoms with Gasteiger partial charge in [0.15, 0.2) is 0 Å². The van der Waals surface area contributed by atoms with Crippen LogP contribution in [-0.4, -0.2) is 30.4 Å². The van der Waals surface area contributed by atoms with E-state index in [4.69, 9.17) is 23.2 Å². The average Bonchev–Trinajstić information content (AvgIpc) is 3.02. The maximum atomic E-state index is 12.1. The predicted molar refractivity (Wildman–Crippen MR) is 100 cm³/mol. The summed E-state index contributed by atoms with van der Waals surface area (Å²) in [5.74, 6) is -0.654. The maximum absolute atomic E-state index is 12.1. The number of rotatable bonds is 4. The summed E-state index contributed by atoms with van der Waals surface area (Å²) in [7, 11) is -3.62. The second kappa shape index (κ2) is 6.60. The van der Waals surface area contributed by atoms with E-state index in [9.17, 15) is 13.2 Å². The number of nitrogens with zero attached hydrogens (tertiary/aromatic N) is 2. The van der Waals surface area contributed by atoms with E-state index in [1.165, 1.54) is 11.3 Å². The summed E-state index contributed by atoms with van der Waals surface area (Å²) in [6.45, 7) is 2.24. The molecule has 1 N–H and O–H groups in total. The molecule has 0 aliphatic heterocycles. The van der Waals surface area contributed by atoms with Crippen LogP contribution in [0.25, 0.3) is 10.2 Å². The van der Waals surface area contributed by atoms with Gasteiger partial charge in [-0.05, 0) is 30.7 Å². The summed E-state index contributed by atoms with van der Waals surface area (Å²) >= 11 is 13.3. The first kappa shape index (κ1) is 18.2. The molecule has 0 atom stereocenters. The summed E-state index contributed by atoms with van der Waals surface area (Å²) in [6.07, 6.45) is 0.938. The Labute approximate surface area is 158 Å². The lowest BCUT2D eigenvalue weighted by molar-refractivity contribution is 0.0985. The van der Waals surface area contributed by atoms with Crippen molar-refractivity contribution in [2.45, 2.75) is 13.5 Å². The van der Waals surface area contributed by atoms with Crippen molar-refractivity contribution in [3.63, 3.8) is 0 Å². The number of halogens is 2. The van der Waals surface area contributed by atoms with E-state index in [1.807, 2.05) is 17.7 Å². The number of hydrogen-bond donors (Lipinski definition) is 1. The number of nitrogens with one attached hydrogen (secondary N) is 1. The monoisotopic (exact) mass is 417 g/mol. The predicted octanol–water partition coefficient (Wildman–Crippen LogP) is 3.45. The van der Waals surface area contributed by atoms with E-state index in [-0.39, 0.29) is 0 Å². The molecule has 0 fully saturated rings. The molecular formula is C15H13Cl2N3O3S2. The molecule has 132 valence electrons. The Morgan fingerprint density at radius 2 is 2.04 bits per heavy atom. The summed E-state index contributed by atoms with van der Waals surface area (Å²) in [6, 6.07) is 6.86. The second-order valence-electron chi connectivity index (χ2n) is 5.51. The molecule has 0 radical (unpaired) electrons. The van der Waals surface area contributed by atoms with Crippen LogP contribution >= 0.6 is 34.5 Å². The topological polar surface area (TPSA) is 81.1 Å². The first-order chi connectivity index (χ1) is 11.6. The van der Waals surface area contributed by atoms with E-state index in [0.717, 1.165) is 27.7 Å². The average molecular weight is 418 g/mol. The van der Waals surface area contributed by atoms with Gasteiger partial charge in [-0.3, -0.25) is 9.48 Å². The lowest BCUT2D eigenvalue weighted by Crippen LogP contribution is -2.28. The zero-order valence-electron chi connectivity index (χ0n) is 13.2. The molecule has 0 aliphatic rings. The number of carbonyl (C=O) groups is 1. The number of thiophene rings is 1. The molecule has 1 amide bonds. The van der Waals surface area contributed by atoms with Gasteiger partial charge in [0, 0.05) is 15.4 Å². The van der Waals surface area contributed by atoms with Gasteiger partial charge in [0.1, 0.15) is 4.83 Å². The molecule has 0 saturated carbocycles. The fourth-order valence-corrected chi connectivity index (χ4v) is 4.40. The van der Waals surface area contributed by atoms with Crippen molar-refractivity contribution in [3.8, 4) is 0 Å². The van der Waals surface area contributed by atoms with Gasteiger partial charge in [-0.1, -0.05) is 29.3 Å². The number of aromatic nitrogens is 2. The van der Waals surface area contributed by atoms with E-state index in [2.05, 4.69) is 5.10 Å². The number of sulfonamides is 1. The van der Waals surface area contributed by atoms with Crippen LogP contribution < -0.4 is 4.72 Å². The van der Waals surface area contributed by atoms with Crippen molar-refractivity contribution in [2.24, 2.45) is 0 Å². The van der Waals surface area contributed by atoms with Crippen molar-refractivity contribution in [1.29, 1.82) is 0 Å². The number of aryl methyl sites for hydroxylation is 1. The van der Waals surface area contributed by atoms with Crippen LogP contribution in [0.5, 0.6) is 0 Å². The first-order valence-corrected chi connectivity index (χ1v) is 10.5. The highest BCUT2D eigenvalue weighted by molar-refractivity contribution is 7.89. The lowest BCUT2D eigenvalue weighted by atomic mass is 10.2. The van der Waals surface area contributed by atoms with Gasteiger partial charge in [0.05, 0.1) is 23.4 Å². The van der Waals surface area contributed by atoms with Crippen LogP contribution in [0.2, 0.25) is 10.0 Å². The summed E-state index contributed by atoms with van der Waals surface area (Å²) < 4.78 is 26.2. The largest absolute Gasteiger partial charge is 0.274 e. The van der Waals surface area contributed by atoms with Crippen molar-refractivity contribution in [3.05, 3.63) is 50.4 Å². The Morgan fingerprint density at radius 1 is 1.32 bits per heavy atom. The zero-order valence-corrected chi connectivity index (χ0v) is 16.4. The number of carbonyl (C=O) groups excluding carboxylic acids is 1. The highest BCUT2D eigenvalue weighted by Crippen LogP contribution is 2.30. The van der Waals surface area contributed by atoms with Crippen LogP contribution in [-0.2, 0) is 16.6 Å². The zero-order chi connectivity index (χ0) is 18.4. The number of fused-ring (bicyclic) bond motifs is 1. The van der Waals surface area contributed by atoms with E-state index in [0.29, 0.717) is 21.5 Å². The standard InChI is InChI=1S/C15H13Cl2N3O3S2/c1-8-11-6-13(14(21)19-25(2,22)23)24-15(11)20(18-8)7-9-3-4-10(16)5-12(9)17/h3-6H,7H2,1-2H3,(H,19,21). The van der Waals surface area contributed by atoms with E-state index >= 15 is 0 Å². The molecular weight excluding hydrogens is 405 g/mol. The minimum absolute atomic E-state index is 0.303. The van der Waals surface area contributed by atoms with Crippen molar-refractivity contribution in [1.82, 2.24) is 14.5 Å². The summed E-state index contributed by atoms with van der Waals surface area (Å²) in [5, 5.41) is 6.34. The third kappa shape index (κ3) is 3.98. The van der Waals surface area contributed by atoms with E-state index in [1.54, 1.807) is 22.9 Å². The molecule has 0 unspecified atom stereocenters. The Morgan fingerprint density at radius 3 is 2.68 bits per heavy atom. The fraction of sp³-hybridized carbons (Fsp3) is 0.200. The molecule has 0 spiro atoms. The Kier molecular flexibility index (Phi) is 4.80. The third-order valence-electron chi connectivity index (χ3n) is 3.44. The summed E-state index contributed by atoms with van der Waals surface area (Å²) in [4.78, 5) is 13.1. The van der Waals surface area contributed by atoms with Crippen LogP contribution in [0.15, 0.2) is 24.3 Å². The first-order valence-electron chi connectivity index (χ1n) is 7.07. The van der Waals surface area contributed by atoms with Crippen LogP contribution in [0, 0.1) is 6.92 Å². The number of benzene rings is 1. The van der Waals surface area contributed by atoms with Crippen molar-refractivity contribution >= 4 is 60.7 Å². The van der Waals surface area contributed by atoms with Gasteiger partial charge in [-0.25, -0.2) is 13.1 Å². The highest BCUT2D eigenvalue weighted by Gasteiger charge is 2.19. The molecule has 0 saturated heterocycles. The van der Waals surface area contributed by atoms with Gasteiger partial charge in [-0.2, -0.15) is 5.10 Å². The molecule has 25 heavy (non-hydrogen) atoms. The normalized spacial score (nSPS) is 11.8. The molecule has 0 bridgehead atoms. The Bertz CT molecular complexity index is 1090. The van der Waals surface area contributed by atoms with Crippen molar-refractivity contribution < 1.29 is 13.2 Å². The second-order valence-corrected chi connectivity index (χ2v) is 9.13. The van der Waals surface area contributed by atoms with E-state index < -0.39 is 15.9 Å². The van der Waals surface area contributed by atoms with Gasteiger partial charge in [-0.15, -0.1) is 11.3 Å². The number of hydrogen-bond acceptors (Lipinski definition) is 5. The molecule has 1 aromatic carbocycles. The van der Waals surface area contributed by atoms with Crippen molar-refractivity contribution in [2.75, 3.05) is 6.26 Å². The van der Waals surface area contributed by atoms with Crippen LogP contribution in [0.1, 0.15) is 20.9 Å². The Hall–Kier alpha value is -1.61. The lowest BCUT2D eigenvalue weighted by Gasteiger charge is -2.06. The SMILES string of the molecule is Cc1nn(Cc2ccc(Cl)cc2Cl)c2sc(C(=O)NS(C)(=O)=O)cc12. The minimum atomic E-state index is -3.62. The molecule has 10 heteroatoms. The van der Waals surface area contributed by atoms with Crippen LogP contribution in [0.3, 0.4) is 0 Å². The molecule has 6 nitrogen and oxygen atoms in total. The van der Waals surface area contributed by atoms with Gasteiger partial charge in [0.2, 0.25) is 10.0 Å².